The van der Waals surface area contributed by atoms with Gasteiger partial charge in [0.05, 0.1) is 21.4 Å². The standard InChI is InChI=1S/C24H27ClN2O4S/c1-7-32(29,30)23-15(3)12-19(21(25)16(23)4)22(28)20-17(5)26-27(6)24(20)31-13-18-10-8-14(2)9-11-18/h8-12H,7,13H2,1-6H3. The monoisotopic (exact) mass is 474 g/mol. The zero-order valence-corrected chi connectivity index (χ0v) is 20.7. The van der Waals surface area contributed by atoms with Gasteiger partial charge in [-0.3, -0.25) is 4.79 Å². The van der Waals surface area contributed by atoms with Crippen LogP contribution in [0.15, 0.2) is 35.2 Å². The maximum Gasteiger partial charge on any atom is 0.223 e. The minimum atomic E-state index is -3.48. The molecule has 0 bridgehead atoms. The van der Waals surface area contributed by atoms with Crippen molar-refractivity contribution in [2.24, 2.45) is 7.05 Å². The summed E-state index contributed by atoms with van der Waals surface area (Å²) < 4.78 is 32.6. The van der Waals surface area contributed by atoms with E-state index >= 15 is 0 Å². The number of sulfone groups is 1. The Morgan fingerprint density at radius 3 is 2.34 bits per heavy atom. The van der Waals surface area contributed by atoms with Crippen LogP contribution < -0.4 is 4.74 Å². The molecule has 32 heavy (non-hydrogen) atoms. The highest BCUT2D eigenvalue weighted by Gasteiger charge is 2.28. The molecule has 3 aromatic rings. The fourth-order valence-corrected chi connectivity index (χ4v) is 5.46. The van der Waals surface area contributed by atoms with Gasteiger partial charge in [0.25, 0.3) is 0 Å². The Bertz CT molecular complexity index is 1290. The SMILES string of the molecule is CCS(=O)(=O)c1c(C)cc(C(=O)c2c(C)nn(C)c2OCc2ccc(C)cc2)c(Cl)c1C. The molecule has 0 saturated carbocycles. The van der Waals surface area contributed by atoms with Gasteiger partial charge in [-0.15, -0.1) is 0 Å². The third-order valence-corrected chi connectivity index (χ3v) is 7.95. The first-order valence-electron chi connectivity index (χ1n) is 10.3. The number of aryl methyl sites for hydroxylation is 4. The molecule has 0 aliphatic carbocycles. The average Bonchev–Trinajstić information content (AvgIpc) is 3.02. The quantitative estimate of drug-likeness (QED) is 0.454. The van der Waals surface area contributed by atoms with Crippen molar-refractivity contribution in [1.82, 2.24) is 9.78 Å². The first kappa shape index (κ1) is 24.0. The van der Waals surface area contributed by atoms with E-state index in [1.807, 2.05) is 31.2 Å². The topological polar surface area (TPSA) is 78.3 Å². The summed E-state index contributed by atoms with van der Waals surface area (Å²) in [4.78, 5) is 13.7. The van der Waals surface area contributed by atoms with Crippen molar-refractivity contribution in [2.45, 2.75) is 46.1 Å². The Hall–Kier alpha value is -2.64. The fraction of sp³-hybridized carbons (Fsp3) is 0.333. The van der Waals surface area contributed by atoms with Gasteiger partial charge in [0.2, 0.25) is 11.7 Å². The van der Waals surface area contributed by atoms with E-state index in [2.05, 4.69) is 5.10 Å². The average molecular weight is 475 g/mol. The summed E-state index contributed by atoms with van der Waals surface area (Å²) in [6.07, 6.45) is 0. The molecule has 2 aromatic carbocycles. The van der Waals surface area contributed by atoms with Crippen LogP contribution in [-0.2, 0) is 23.5 Å². The van der Waals surface area contributed by atoms with Crippen LogP contribution in [0.5, 0.6) is 5.88 Å². The van der Waals surface area contributed by atoms with E-state index in [1.54, 1.807) is 34.7 Å². The predicted molar refractivity (Wildman–Crippen MR) is 126 cm³/mol. The normalized spacial score (nSPS) is 11.6. The number of aromatic nitrogens is 2. The molecule has 1 heterocycles. The smallest absolute Gasteiger partial charge is 0.223 e. The molecular weight excluding hydrogens is 448 g/mol. The number of halogens is 1. The van der Waals surface area contributed by atoms with Gasteiger partial charge in [-0.25, -0.2) is 13.1 Å². The third-order valence-electron chi connectivity index (χ3n) is 5.45. The van der Waals surface area contributed by atoms with E-state index in [4.69, 9.17) is 16.3 Å². The highest BCUT2D eigenvalue weighted by Crippen LogP contribution is 2.34. The lowest BCUT2D eigenvalue weighted by Crippen LogP contribution is -2.13. The molecule has 0 N–H and O–H groups in total. The number of hydrogen-bond donors (Lipinski definition) is 0. The molecule has 6 nitrogen and oxygen atoms in total. The van der Waals surface area contributed by atoms with Gasteiger partial charge in [0.15, 0.2) is 9.84 Å². The van der Waals surface area contributed by atoms with Crippen LogP contribution in [0.25, 0.3) is 0 Å². The van der Waals surface area contributed by atoms with Crippen LogP contribution in [0.4, 0.5) is 0 Å². The molecule has 8 heteroatoms. The largest absolute Gasteiger partial charge is 0.472 e. The molecule has 0 aliphatic heterocycles. The summed E-state index contributed by atoms with van der Waals surface area (Å²) in [7, 11) is -1.77. The van der Waals surface area contributed by atoms with Crippen LogP contribution in [0.3, 0.4) is 0 Å². The van der Waals surface area contributed by atoms with E-state index in [9.17, 15) is 13.2 Å². The minimum Gasteiger partial charge on any atom is -0.472 e. The van der Waals surface area contributed by atoms with Crippen LogP contribution in [0.1, 0.15) is 50.8 Å². The molecule has 0 fully saturated rings. The summed E-state index contributed by atoms with van der Waals surface area (Å²) in [5.41, 5.74) is 4.02. The molecule has 0 amide bonds. The van der Waals surface area contributed by atoms with Gasteiger partial charge in [-0.2, -0.15) is 5.10 Å². The Morgan fingerprint density at radius 2 is 1.75 bits per heavy atom. The van der Waals surface area contributed by atoms with Crippen molar-refractivity contribution in [2.75, 3.05) is 5.75 Å². The summed E-state index contributed by atoms with van der Waals surface area (Å²) >= 11 is 6.52. The van der Waals surface area contributed by atoms with Crippen LogP contribution in [0, 0.1) is 27.7 Å². The van der Waals surface area contributed by atoms with Crippen molar-refractivity contribution >= 4 is 27.2 Å². The Labute approximate surface area is 194 Å². The number of rotatable bonds is 7. The number of ketones is 1. The highest BCUT2D eigenvalue weighted by atomic mass is 35.5. The fourth-order valence-electron chi connectivity index (χ4n) is 3.77. The number of hydrogen-bond acceptors (Lipinski definition) is 5. The second kappa shape index (κ2) is 9.08. The Balaban J connectivity index is 2.04. The van der Waals surface area contributed by atoms with Crippen molar-refractivity contribution in [3.8, 4) is 5.88 Å². The lowest BCUT2D eigenvalue weighted by molar-refractivity contribution is 0.103. The second-order valence-corrected chi connectivity index (χ2v) is 10.5. The van der Waals surface area contributed by atoms with Crippen molar-refractivity contribution in [3.63, 3.8) is 0 Å². The number of carbonyl (C=O) groups is 1. The molecule has 1 aromatic heterocycles. The Kier molecular flexibility index (Phi) is 6.81. The minimum absolute atomic E-state index is 0.0446. The lowest BCUT2D eigenvalue weighted by atomic mass is 9.99. The number of ether oxygens (including phenoxy) is 1. The van der Waals surface area contributed by atoms with Crippen molar-refractivity contribution < 1.29 is 17.9 Å². The molecular formula is C24H27ClN2O4S. The number of benzene rings is 2. The summed E-state index contributed by atoms with van der Waals surface area (Å²) in [5.74, 6) is -0.0624. The van der Waals surface area contributed by atoms with E-state index in [1.165, 1.54) is 10.7 Å². The third kappa shape index (κ3) is 4.45. The molecule has 0 spiro atoms. The van der Waals surface area contributed by atoms with E-state index < -0.39 is 9.84 Å². The van der Waals surface area contributed by atoms with Gasteiger partial charge in [-0.1, -0.05) is 48.4 Å². The van der Waals surface area contributed by atoms with Crippen LogP contribution in [-0.4, -0.2) is 29.7 Å². The van der Waals surface area contributed by atoms with Gasteiger partial charge >= 0.3 is 0 Å². The van der Waals surface area contributed by atoms with Gasteiger partial charge in [0, 0.05) is 12.6 Å². The molecule has 3 rings (SSSR count). The predicted octanol–water partition coefficient (Wildman–Crippen LogP) is 4.91. The molecule has 0 aliphatic rings. The number of nitrogens with zero attached hydrogens (tertiary/aromatic N) is 2. The first-order valence-corrected chi connectivity index (χ1v) is 12.3. The van der Waals surface area contributed by atoms with E-state index in [0.717, 1.165) is 11.1 Å². The molecule has 0 radical (unpaired) electrons. The van der Waals surface area contributed by atoms with Gasteiger partial charge in [0.1, 0.15) is 12.2 Å². The van der Waals surface area contributed by atoms with Crippen molar-refractivity contribution in [1.29, 1.82) is 0 Å². The number of carbonyl (C=O) groups excluding carboxylic acids is 1. The summed E-state index contributed by atoms with van der Waals surface area (Å²) in [6.45, 7) is 8.90. The van der Waals surface area contributed by atoms with E-state index in [0.29, 0.717) is 28.3 Å². The molecule has 170 valence electrons. The highest BCUT2D eigenvalue weighted by molar-refractivity contribution is 7.91. The molecule has 0 atom stereocenters. The maximum atomic E-state index is 13.5. The van der Waals surface area contributed by atoms with Gasteiger partial charge < -0.3 is 4.74 Å². The lowest BCUT2D eigenvalue weighted by Gasteiger charge is -2.15. The zero-order chi connectivity index (χ0) is 23.8. The Morgan fingerprint density at radius 1 is 1.12 bits per heavy atom. The second-order valence-electron chi connectivity index (χ2n) is 7.91. The zero-order valence-electron chi connectivity index (χ0n) is 19.1. The summed E-state index contributed by atoms with van der Waals surface area (Å²) in [6, 6.07) is 9.47. The maximum absolute atomic E-state index is 13.5. The van der Waals surface area contributed by atoms with Crippen molar-refractivity contribution in [3.05, 3.63) is 74.4 Å². The molecule has 0 unspecified atom stereocenters. The molecule has 0 saturated heterocycles. The van der Waals surface area contributed by atoms with Crippen LogP contribution >= 0.6 is 11.6 Å². The summed E-state index contributed by atoms with van der Waals surface area (Å²) in [5, 5.41) is 4.49. The van der Waals surface area contributed by atoms with Gasteiger partial charge in [-0.05, 0) is 50.5 Å². The first-order chi connectivity index (χ1) is 15.0. The van der Waals surface area contributed by atoms with Crippen LogP contribution in [0.2, 0.25) is 5.02 Å². The van der Waals surface area contributed by atoms with E-state index in [-0.39, 0.29) is 33.6 Å².